The zero-order valence-corrected chi connectivity index (χ0v) is 11.5. The fraction of sp³-hybridized carbons (Fsp3) is 0.857. The average Bonchev–Trinajstić information content (AvgIpc) is 2.26. The van der Waals surface area contributed by atoms with Crippen LogP contribution in [0.2, 0.25) is 0 Å². The van der Waals surface area contributed by atoms with Crippen LogP contribution in [0.15, 0.2) is 0 Å². The maximum atomic E-state index is 11.3. The first-order chi connectivity index (χ1) is 8.08. The summed E-state index contributed by atoms with van der Waals surface area (Å²) in [5, 5.41) is 0. The molecule has 100 valence electrons. The van der Waals surface area contributed by atoms with Gasteiger partial charge >= 0.3 is 6.15 Å². The van der Waals surface area contributed by atoms with Crippen LogP contribution in [-0.2, 0) is 14.4 Å². The number of unbranched alkanes of at least 4 members (excludes halogenated alkanes) is 3. The molecule has 0 aromatic heterocycles. The van der Waals surface area contributed by atoms with Gasteiger partial charge in [-0.3, -0.25) is 4.79 Å². The number of Topliss-reactive ketones (excluding diaryl/α,β-unsaturated/α-hetero) is 1. The van der Waals surface area contributed by atoms with Crippen molar-refractivity contribution in [3.8, 4) is 0 Å². The maximum absolute atomic E-state index is 11.3. The molecule has 0 aromatic rings. The molecule has 0 aliphatic carbocycles. The summed E-state index contributed by atoms with van der Waals surface area (Å²) in [6, 6.07) is 0. The van der Waals surface area contributed by atoms with Gasteiger partial charge in [0, 0.05) is 12.8 Å². The van der Waals surface area contributed by atoms with Crippen molar-refractivity contribution < 1.29 is 14.4 Å². The Hall–Kier alpha value is -0.950. The molecule has 0 rings (SSSR count). The van der Waals surface area contributed by atoms with Crippen molar-refractivity contribution in [1.82, 2.24) is 0 Å². The number of hydrogen-bond donors (Lipinski definition) is 0. The molecule has 0 aliphatic heterocycles. The second-order valence-corrected chi connectivity index (χ2v) is 4.72. The molecule has 0 atom stereocenters. The van der Waals surface area contributed by atoms with Crippen molar-refractivity contribution in [1.29, 1.82) is 0 Å². The van der Waals surface area contributed by atoms with E-state index in [9.17, 15) is 4.79 Å². The van der Waals surface area contributed by atoms with Gasteiger partial charge < -0.3 is 0 Å². The second-order valence-electron chi connectivity index (χ2n) is 4.72. The molecule has 0 aromatic carbocycles. The molecule has 0 amide bonds. The van der Waals surface area contributed by atoms with E-state index >= 15 is 0 Å². The van der Waals surface area contributed by atoms with Crippen LogP contribution in [0.25, 0.3) is 0 Å². The third-order valence-corrected chi connectivity index (χ3v) is 2.55. The molecule has 0 heterocycles. The largest absolute Gasteiger partial charge is 0.373 e. The summed E-state index contributed by atoms with van der Waals surface area (Å²) in [7, 11) is 0. The second kappa shape index (κ2) is 15.0. The van der Waals surface area contributed by atoms with Gasteiger partial charge in [-0.1, -0.05) is 46.5 Å². The Bertz CT molecular complexity index is 204. The van der Waals surface area contributed by atoms with E-state index in [1.165, 1.54) is 19.3 Å². The summed E-state index contributed by atoms with van der Waals surface area (Å²) in [6.07, 6.45) is 9.02. The Labute approximate surface area is 105 Å². The smallest absolute Gasteiger partial charge is 0.300 e. The van der Waals surface area contributed by atoms with E-state index in [4.69, 9.17) is 9.59 Å². The lowest BCUT2D eigenvalue weighted by Crippen LogP contribution is -1.97. The van der Waals surface area contributed by atoms with Gasteiger partial charge in [0.05, 0.1) is 0 Å². The molecule has 0 bridgehead atoms. The molecule has 0 aliphatic rings. The molecule has 0 saturated heterocycles. The van der Waals surface area contributed by atoms with Gasteiger partial charge in [0.2, 0.25) is 0 Å². The maximum Gasteiger partial charge on any atom is 0.373 e. The highest BCUT2D eigenvalue weighted by Crippen LogP contribution is 2.10. The quantitative estimate of drug-likeness (QED) is 0.578. The van der Waals surface area contributed by atoms with Crippen LogP contribution in [0.4, 0.5) is 0 Å². The van der Waals surface area contributed by atoms with Gasteiger partial charge in [-0.25, -0.2) is 0 Å². The van der Waals surface area contributed by atoms with Crippen molar-refractivity contribution in [2.24, 2.45) is 5.92 Å². The molecular formula is C14H26O3. The third-order valence-electron chi connectivity index (χ3n) is 2.55. The normalized spacial score (nSPS) is 9.41. The minimum absolute atomic E-state index is 0.250. The average molecular weight is 242 g/mol. The van der Waals surface area contributed by atoms with Crippen LogP contribution < -0.4 is 0 Å². The first-order valence-electron chi connectivity index (χ1n) is 6.59. The van der Waals surface area contributed by atoms with Gasteiger partial charge in [-0.05, 0) is 18.8 Å². The lowest BCUT2D eigenvalue weighted by molar-refractivity contribution is -0.191. The molecule has 3 nitrogen and oxygen atoms in total. The molecule has 0 saturated carbocycles. The van der Waals surface area contributed by atoms with E-state index in [2.05, 4.69) is 20.8 Å². The molecule has 0 fully saturated rings. The lowest BCUT2D eigenvalue weighted by atomic mass is 10.0. The number of rotatable bonds is 9. The Balaban J connectivity index is 0. The lowest BCUT2D eigenvalue weighted by Gasteiger charge is -2.03. The van der Waals surface area contributed by atoms with E-state index in [1.54, 1.807) is 0 Å². The van der Waals surface area contributed by atoms with Gasteiger partial charge in [0.15, 0.2) is 0 Å². The minimum Gasteiger partial charge on any atom is -0.300 e. The van der Waals surface area contributed by atoms with Crippen molar-refractivity contribution in [3.05, 3.63) is 0 Å². The summed E-state index contributed by atoms with van der Waals surface area (Å²) < 4.78 is 0. The zero-order chi connectivity index (χ0) is 13.5. The summed E-state index contributed by atoms with van der Waals surface area (Å²) in [5.74, 6) is 1.28. The van der Waals surface area contributed by atoms with Gasteiger partial charge in [0.1, 0.15) is 5.78 Å². The van der Waals surface area contributed by atoms with Crippen molar-refractivity contribution in [3.63, 3.8) is 0 Å². The molecule has 0 spiro atoms. The summed E-state index contributed by atoms with van der Waals surface area (Å²) >= 11 is 0. The van der Waals surface area contributed by atoms with Gasteiger partial charge in [-0.2, -0.15) is 9.59 Å². The third kappa shape index (κ3) is 21.0. The molecular weight excluding hydrogens is 216 g/mol. The number of hydrogen-bond acceptors (Lipinski definition) is 3. The minimum atomic E-state index is 0.250. The predicted octanol–water partition coefficient (Wildman–Crippen LogP) is 3.77. The van der Waals surface area contributed by atoms with Crippen LogP contribution in [0, 0.1) is 5.92 Å². The van der Waals surface area contributed by atoms with E-state index in [0.717, 1.165) is 38.0 Å². The zero-order valence-electron chi connectivity index (χ0n) is 11.5. The van der Waals surface area contributed by atoms with Gasteiger partial charge in [-0.15, -0.1) is 0 Å². The van der Waals surface area contributed by atoms with Crippen molar-refractivity contribution >= 4 is 11.9 Å². The Morgan fingerprint density at radius 1 is 1.00 bits per heavy atom. The highest BCUT2D eigenvalue weighted by atomic mass is 16.2. The van der Waals surface area contributed by atoms with Crippen LogP contribution in [-0.4, -0.2) is 11.9 Å². The monoisotopic (exact) mass is 242 g/mol. The fourth-order valence-corrected chi connectivity index (χ4v) is 1.55. The molecule has 0 unspecified atom stereocenters. The van der Waals surface area contributed by atoms with Crippen LogP contribution >= 0.6 is 0 Å². The summed E-state index contributed by atoms with van der Waals surface area (Å²) in [6.45, 7) is 6.65. The van der Waals surface area contributed by atoms with Crippen molar-refractivity contribution in [2.75, 3.05) is 0 Å². The highest BCUT2D eigenvalue weighted by Gasteiger charge is 2.01. The van der Waals surface area contributed by atoms with E-state index in [0.29, 0.717) is 5.78 Å². The van der Waals surface area contributed by atoms with Crippen LogP contribution in [0.5, 0.6) is 0 Å². The SMILES string of the molecule is CCCCC(=O)CCCCCC(C)C.O=C=O. The summed E-state index contributed by atoms with van der Waals surface area (Å²) in [5.41, 5.74) is 0. The Morgan fingerprint density at radius 2 is 1.53 bits per heavy atom. The molecule has 3 heteroatoms. The molecule has 17 heavy (non-hydrogen) atoms. The first kappa shape index (κ1) is 18.4. The number of carbonyl (C=O) groups excluding carboxylic acids is 3. The van der Waals surface area contributed by atoms with E-state index in [1.807, 2.05) is 0 Å². The number of carbonyl (C=O) groups is 1. The summed E-state index contributed by atoms with van der Waals surface area (Å²) in [4.78, 5) is 27.5. The van der Waals surface area contributed by atoms with Gasteiger partial charge in [0.25, 0.3) is 0 Å². The molecule has 0 radical (unpaired) electrons. The first-order valence-corrected chi connectivity index (χ1v) is 6.59. The standard InChI is InChI=1S/C13H26O.CO2/c1-4-5-10-13(14)11-8-6-7-9-12(2)3;2-1-3/h12H,4-11H2,1-3H3;. The fourth-order valence-electron chi connectivity index (χ4n) is 1.55. The topological polar surface area (TPSA) is 51.2 Å². The molecule has 0 N–H and O–H groups in total. The van der Waals surface area contributed by atoms with Crippen molar-refractivity contribution in [2.45, 2.75) is 72.1 Å². The Morgan fingerprint density at radius 3 is 2.00 bits per heavy atom. The van der Waals surface area contributed by atoms with E-state index in [-0.39, 0.29) is 6.15 Å². The number of ketones is 1. The van der Waals surface area contributed by atoms with Crippen LogP contribution in [0.3, 0.4) is 0 Å². The highest BCUT2D eigenvalue weighted by molar-refractivity contribution is 5.78. The predicted molar refractivity (Wildman–Crippen MR) is 67.5 cm³/mol. The van der Waals surface area contributed by atoms with E-state index < -0.39 is 0 Å². The van der Waals surface area contributed by atoms with Crippen LogP contribution in [0.1, 0.15) is 72.1 Å². The Kier molecular flexibility index (Phi) is 16.3.